The molecular weight excluding hydrogens is 210 g/mol. The molecule has 0 aliphatic rings. The van der Waals surface area contributed by atoms with Crippen LogP contribution in [0, 0.1) is 5.92 Å². The number of thiazole rings is 1. The smallest absolute Gasteiger partial charge is 0.221 e. The third kappa shape index (κ3) is 4.40. The van der Waals surface area contributed by atoms with Crippen LogP contribution >= 0.6 is 11.3 Å². The van der Waals surface area contributed by atoms with Gasteiger partial charge in [-0.2, -0.15) is 0 Å². The summed E-state index contributed by atoms with van der Waals surface area (Å²) in [6, 6.07) is -0.0690. The Morgan fingerprint density at radius 1 is 1.67 bits per heavy atom. The van der Waals surface area contributed by atoms with Crippen molar-refractivity contribution in [1.82, 2.24) is 10.3 Å². The van der Waals surface area contributed by atoms with Crippen molar-refractivity contribution in [3.05, 3.63) is 16.6 Å². The molecule has 1 heterocycles. The van der Waals surface area contributed by atoms with E-state index in [-0.39, 0.29) is 11.9 Å². The average Bonchev–Trinajstić information content (AvgIpc) is 2.66. The Hall–Kier alpha value is -0.940. The molecular formula is C10H17N3OS. The molecule has 0 aliphatic heterocycles. The van der Waals surface area contributed by atoms with Gasteiger partial charge in [0.05, 0.1) is 17.7 Å². The summed E-state index contributed by atoms with van der Waals surface area (Å²) >= 11 is 1.52. The molecule has 0 saturated heterocycles. The van der Waals surface area contributed by atoms with Crippen molar-refractivity contribution < 1.29 is 4.79 Å². The van der Waals surface area contributed by atoms with Gasteiger partial charge in [0.15, 0.2) is 0 Å². The molecule has 84 valence electrons. The lowest BCUT2D eigenvalue weighted by molar-refractivity contribution is -0.121. The van der Waals surface area contributed by atoms with Gasteiger partial charge in [0.25, 0.3) is 0 Å². The molecule has 0 aliphatic carbocycles. The van der Waals surface area contributed by atoms with Crippen molar-refractivity contribution >= 4 is 17.2 Å². The molecule has 0 aromatic carbocycles. The number of nitrogens with two attached hydrogens (primary N) is 1. The minimum atomic E-state index is -0.0690. The van der Waals surface area contributed by atoms with Gasteiger partial charge >= 0.3 is 0 Å². The summed E-state index contributed by atoms with van der Waals surface area (Å²) in [5, 5.41) is 4.72. The van der Waals surface area contributed by atoms with Crippen LogP contribution in [0.25, 0.3) is 0 Å². The third-order valence-corrected chi connectivity index (χ3v) is 2.86. The van der Waals surface area contributed by atoms with E-state index in [1.807, 2.05) is 19.2 Å². The van der Waals surface area contributed by atoms with E-state index in [0.29, 0.717) is 18.9 Å². The van der Waals surface area contributed by atoms with Crippen molar-refractivity contribution in [2.45, 2.75) is 32.9 Å². The van der Waals surface area contributed by atoms with Crippen LogP contribution in [-0.4, -0.2) is 16.9 Å². The van der Waals surface area contributed by atoms with Crippen LogP contribution in [-0.2, 0) is 11.3 Å². The third-order valence-electron chi connectivity index (χ3n) is 2.23. The predicted octanol–water partition coefficient (Wildman–Crippen LogP) is 1.13. The van der Waals surface area contributed by atoms with E-state index in [2.05, 4.69) is 10.3 Å². The first kappa shape index (κ1) is 12.1. The van der Waals surface area contributed by atoms with E-state index in [9.17, 15) is 4.79 Å². The van der Waals surface area contributed by atoms with Gasteiger partial charge in [-0.05, 0) is 5.92 Å². The lowest BCUT2D eigenvalue weighted by Crippen LogP contribution is -2.34. The van der Waals surface area contributed by atoms with Crippen molar-refractivity contribution in [1.29, 1.82) is 0 Å². The van der Waals surface area contributed by atoms with Crippen molar-refractivity contribution in [2.24, 2.45) is 11.7 Å². The highest BCUT2D eigenvalue weighted by Crippen LogP contribution is 2.03. The molecule has 1 unspecified atom stereocenters. The Balaban J connectivity index is 2.25. The van der Waals surface area contributed by atoms with Gasteiger partial charge in [-0.1, -0.05) is 13.8 Å². The second-order valence-corrected chi connectivity index (χ2v) is 4.59. The highest BCUT2D eigenvalue weighted by Gasteiger charge is 2.12. The van der Waals surface area contributed by atoms with E-state index < -0.39 is 0 Å². The van der Waals surface area contributed by atoms with E-state index in [4.69, 9.17) is 5.73 Å². The van der Waals surface area contributed by atoms with Crippen LogP contribution in [0.15, 0.2) is 10.9 Å². The van der Waals surface area contributed by atoms with Gasteiger partial charge in [-0.15, -0.1) is 11.3 Å². The highest BCUT2D eigenvalue weighted by atomic mass is 32.1. The standard InChI is InChI=1S/C10H17N3OS/c1-7(2)9(11)3-10(14)12-4-8-5-15-6-13-8/h5-7,9H,3-4,11H2,1-2H3,(H,12,14). The van der Waals surface area contributed by atoms with E-state index in [1.165, 1.54) is 11.3 Å². The van der Waals surface area contributed by atoms with Crippen LogP contribution in [0.4, 0.5) is 0 Å². The summed E-state index contributed by atoms with van der Waals surface area (Å²) < 4.78 is 0. The van der Waals surface area contributed by atoms with Crippen LogP contribution in [0.3, 0.4) is 0 Å². The number of rotatable bonds is 5. The SMILES string of the molecule is CC(C)C(N)CC(=O)NCc1cscn1. The number of nitrogens with one attached hydrogen (secondary N) is 1. The molecule has 0 bridgehead atoms. The Bertz CT molecular complexity index is 298. The topological polar surface area (TPSA) is 68.0 Å². The second kappa shape index (κ2) is 5.82. The molecule has 1 rings (SSSR count). The summed E-state index contributed by atoms with van der Waals surface area (Å²) in [4.78, 5) is 15.5. The zero-order valence-corrected chi connectivity index (χ0v) is 9.88. The summed E-state index contributed by atoms with van der Waals surface area (Å²) in [6.45, 7) is 4.52. The van der Waals surface area contributed by atoms with Crippen molar-refractivity contribution in [2.75, 3.05) is 0 Å². The maximum Gasteiger partial charge on any atom is 0.221 e. The van der Waals surface area contributed by atoms with E-state index in [1.54, 1.807) is 5.51 Å². The molecule has 0 radical (unpaired) electrons. The van der Waals surface area contributed by atoms with Gasteiger partial charge in [-0.25, -0.2) is 4.98 Å². The van der Waals surface area contributed by atoms with Crippen molar-refractivity contribution in [3.8, 4) is 0 Å². The molecule has 5 heteroatoms. The molecule has 1 aromatic heterocycles. The van der Waals surface area contributed by atoms with Gasteiger partial charge in [0, 0.05) is 17.8 Å². The minimum absolute atomic E-state index is 0.01000. The summed E-state index contributed by atoms with van der Waals surface area (Å²) in [5.74, 6) is 0.319. The lowest BCUT2D eigenvalue weighted by Gasteiger charge is -2.14. The molecule has 1 atom stereocenters. The summed E-state index contributed by atoms with van der Waals surface area (Å²) in [5.41, 5.74) is 8.44. The fraction of sp³-hybridized carbons (Fsp3) is 0.600. The summed E-state index contributed by atoms with van der Waals surface area (Å²) in [6.07, 6.45) is 0.377. The first-order valence-corrected chi connectivity index (χ1v) is 5.93. The predicted molar refractivity (Wildman–Crippen MR) is 61.4 cm³/mol. The summed E-state index contributed by atoms with van der Waals surface area (Å²) in [7, 11) is 0. The number of hydrogen-bond acceptors (Lipinski definition) is 4. The number of carbonyl (C=O) groups is 1. The number of nitrogens with zero attached hydrogens (tertiary/aromatic N) is 1. The van der Waals surface area contributed by atoms with E-state index >= 15 is 0 Å². The van der Waals surface area contributed by atoms with Crippen LogP contribution in [0.1, 0.15) is 26.0 Å². The van der Waals surface area contributed by atoms with Gasteiger partial charge < -0.3 is 11.1 Å². The fourth-order valence-electron chi connectivity index (χ4n) is 1.04. The van der Waals surface area contributed by atoms with Gasteiger partial charge in [0.2, 0.25) is 5.91 Å². The zero-order valence-electron chi connectivity index (χ0n) is 9.06. The average molecular weight is 227 g/mol. The Morgan fingerprint density at radius 3 is 2.93 bits per heavy atom. The fourth-order valence-corrected chi connectivity index (χ4v) is 1.59. The van der Waals surface area contributed by atoms with Gasteiger partial charge in [-0.3, -0.25) is 4.79 Å². The van der Waals surface area contributed by atoms with Gasteiger partial charge in [0.1, 0.15) is 0 Å². The normalized spacial score (nSPS) is 12.8. The number of carbonyl (C=O) groups excluding carboxylic acids is 1. The molecule has 4 nitrogen and oxygen atoms in total. The molecule has 15 heavy (non-hydrogen) atoms. The Labute approximate surface area is 93.9 Å². The van der Waals surface area contributed by atoms with Crippen LogP contribution < -0.4 is 11.1 Å². The van der Waals surface area contributed by atoms with Crippen LogP contribution in [0.2, 0.25) is 0 Å². The molecule has 0 spiro atoms. The lowest BCUT2D eigenvalue weighted by atomic mass is 10.0. The van der Waals surface area contributed by atoms with Crippen LogP contribution in [0.5, 0.6) is 0 Å². The molecule has 3 N–H and O–H groups in total. The second-order valence-electron chi connectivity index (χ2n) is 3.87. The number of hydrogen-bond donors (Lipinski definition) is 2. The Morgan fingerprint density at radius 2 is 2.40 bits per heavy atom. The van der Waals surface area contributed by atoms with Crippen molar-refractivity contribution in [3.63, 3.8) is 0 Å². The zero-order chi connectivity index (χ0) is 11.3. The minimum Gasteiger partial charge on any atom is -0.350 e. The molecule has 0 fully saturated rings. The first-order chi connectivity index (χ1) is 7.09. The molecule has 1 amide bonds. The Kier molecular flexibility index (Phi) is 4.71. The maximum atomic E-state index is 11.4. The molecule has 0 saturated carbocycles. The van der Waals surface area contributed by atoms with E-state index in [0.717, 1.165) is 5.69 Å². The monoisotopic (exact) mass is 227 g/mol. The maximum absolute atomic E-state index is 11.4. The largest absolute Gasteiger partial charge is 0.350 e. The highest BCUT2D eigenvalue weighted by molar-refractivity contribution is 7.07. The number of amides is 1. The quantitative estimate of drug-likeness (QED) is 0.792. The number of aromatic nitrogens is 1. The molecule has 1 aromatic rings. The first-order valence-electron chi connectivity index (χ1n) is 4.99.